The van der Waals surface area contributed by atoms with Crippen molar-refractivity contribution in [1.29, 1.82) is 0 Å². The zero-order chi connectivity index (χ0) is 21.6. The molecule has 0 bridgehead atoms. The molecule has 0 unspecified atom stereocenters. The normalized spacial score (nSPS) is 21.2. The van der Waals surface area contributed by atoms with E-state index in [-0.39, 0.29) is 6.04 Å². The van der Waals surface area contributed by atoms with Crippen LogP contribution in [0.2, 0.25) is 0 Å². The highest BCUT2D eigenvalue weighted by molar-refractivity contribution is 5.79. The molecule has 32 heavy (non-hydrogen) atoms. The maximum Gasteiger partial charge on any atom is 0.209 e. The summed E-state index contributed by atoms with van der Waals surface area (Å²) in [5.41, 5.74) is 4.89. The second-order valence-electron chi connectivity index (χ2n) is 8.57. The van der Waals surface area contributed by atoms with Crippen molar-refractivity contribution in [2.24, 2.45) is 4.99 Å². The zero-order valence-corrected chi connectivity index (χ0v) is 18.3. The van der Waals surface area contributed by atoms with Crippen LogP contribution in [0.15, 0.2) is 102 Å². The van der Waals surface area contributed by atoms with Crippen LogP contribution in [0.25, 0.3) is 5.70 Å². The van der Waals surface area contributed by atoms with Crippen LogP contribution in [0.4, 0.5) is 0 Å². The minimum absolute atomic E-state index is 0.264. The molecule has 1 aliphatic carbocycles. The van der Waals surface area contributed by atoms with Crippen LogP contribution in [0.5, 0.6) is 0 Å². The molecule has 0 N–H and O–H groups in total. The van der Waals surface area contributed by atoms with Gasteiger partial charge in [-0.15, -0.1) is 0 Å². The van der Waals surface area contributed by atoms with Crippen molar-refractivity contribution in [3.8, 4) is 0 Å². The van der Waals surface area contributed by atoms with Gasteiger partial charge in [0.25, 0.3) is 0 Å². The molecule has 0 aromatic heterocycles. The number of hydrogen-bond acceptors (Lipinski definition) is 3. The summed E-state index contributed by atoms with van der Waals surface area (Å²) in [6.07, 6.45) is 9.02. The molecule has 160 valence electrons. The summed E-state index contributed by atoms with van der Waals surface area (Å²) >= 11 is 0. The van der Waals surface area contributed by atoms with Crippen molar-refractivity contribution in [3.63, 3.8) is 0 Å². The van der Waals surface area contributed by atoms with Crippen LogP contribution in [-0.4, -0.2) is 28.1 Å². The second kappa shape index (κ2) is 9.86. The van der Waals surface area contributed by atoms with E-state index in [0.717, 1.165) is 24.9 Å². The molecule has 5 rings (SSSR count). The van der Waals surface area contributed by atoms with Crippen LogP contribution in [0.1, 0.15) is 42.4 Å². The van der Waals surface area contributed by atoms with Gasteiger partial charge in [0, 0.05) is 19.0 Å². The van der Waals surface area contributed by atoms with E-state index in [1.165, 1.54) is 29.7 Å². The summed E-state index contributed by atoms with van der Waals surface area (Å²) in [5.74, 6) is 0. The minimum atomic E-state index is 0.264. The summed E-state index contributed by atoms with van der Waals surface area (Å²) in [7, 11) is 0. The van der Waals surface area contributed by atoms with Crippen molar-refractivity contribution in [3.05, 3.63) is 121 Å². The van der Waals surface area contributed by atoms with E-state index < -0.39 is 0 Å². The standard InChI is InChI=1S/C29H29N3/c1-4-12-24(13-5-1)20-30-27-18-10-11-19-28(27)32-23-31(21-25-14-6-2-7-15-25)22-29(32)26-16-8-3-9-17-26/h1-9,12-17,20,22,27-28H,10-11,18-19,21H2/t27-,28-/m1/s1. The molecule has 1 saturated carbocycles. The summed E-state index contributed by atoms with van der Waals surface area (Å²) in [5, 5.41) is 0. The van der Waals surface area contributed by atoms with Gasteiger partial charge in [0.15, 0.2) is 0 Å². The van der Waals surface area contributed by atoms with E-state index in [1.54, 1.807) is 0 Å². The number of benzene rings is 3. The van der Waals surface area contributed by atoms with Gasteiger partial charge in [-0.05, 0) is 29.5 Å². The second-order valence-corrected chi connectivity index (χ2v) is 8.57. The molecule has 2 aliphatic rings. The number of rotatable bonds is 6. The first-order chi connectivity index (χ1) is 15.9. The zero-order valence-electron chi connectivity index (χ0n) is 18.3. The molecule has 1 heterocycles. The van der Waals surface area contributed by atoms with Gasteiger partial charge in [0.2, 0.25) is 6.67 Å². The van der Waals surface area contributed by atoms with Crippen molar-refractivity contribution in [1.82, 2.24) is 9.80 Å². The fraction of sp³-hybridized carbons (Fsp3) is 0.241. The average Bonchev–Trinajstić information content (AvgIpc) is 3.28. The molecule has 2 atom stereocenters. The van der Waals surface area contributed by atoms with Gasteiger partial charge in [0.1, 0.15) is 0 Å². The fourth-order valence-electron chi connectivity index (χ4n) is 4.66. The number of hydrogen-bond donors (Lipinski definition) is 0. The van der Waals surface area contributed by atoms with Gasteiger partial charge >= 0.3 is 0 Å². The molecular weight excluding hydrogens is 390 g/mol. The predicted octanol–water partition coefficient (Wildman–Crippen LogP) is 6.23. The third-order valence-electron chi connectivity index (χ3n) is 6.28. The molecule has 2 radical (unpaired) electrons. The van der Waals surface area contributed by atoms with Crippen LogP contribution in [0, 0.1) is 6.67 Å². The smallest absolute Gasteiger partial charge is 0.209 e. The maximum atomic E-state index is 5.06. The third kappa shape index (κ3) is 4.77. The Morgan fingerprint density at radius 2 is 1.47 bits per heavy atom. The number of aliphatic imine (C=N–C) groups is 1. The lowest BCUT2D eigenvalue weighted by atomic mass is 9.89. The lowest BCUT2D eigenvalue weighted by Crippen LogP contribution is -2.42. The van der Waals surface area contributed by atoms with Crippen molar-refractivity contribution in [2.75, 3.05) is 0 Å². The van der Waals surface area contributed by atoms with E-state index in [0.29, 0.717) is 6.04 Å². The molecule has 3 nitrogen and oxygen atoms in total. The van der Waals surface area contributed by atoms with Gasteiger partial charge in [-0.1, -0.05) is 104 Å². The van der Waals surface area contributed by atoms with E-state index >= 15 is 0 Å². The Hall–Kier alpha value is -3.33. The Kier molecular flexibility index (Phi) is 6.34. The van der Waals surface area contributed by atoms with Gasteiger partial charge in [-0.25, -0.2) is 0 Å². The van der Waals surface area contributed by atoms with E-state index in [4.69, 9.17) is 4.99 Å². The summed E-state index contributed by atoms with van der Waals surface area (Å²) in [4.78, 5) is 9.63. The SMILES string of the molecule is [C]1N(Cc2ccccc2)C=C(c2ccccc2)N1[C@@H]1CCCC[C@H]1N=Cc1ccccc1. The van der Waals surface area contributed by atoms with Gasteiger partial charge < -0.3 is 9.80 Å². The first-order valence-corrected chi connectivity index (χ1v) is 11.6. The van der Waals surface area contributed by atoms with Gasteiger partial charge in [-0.3, -0.25) is 4.99 Å². The monoisotopic (exact) mass is 419 g/mol. The lowest BCUT2D eigenvalue weighted by molar-refractivity contribution is 0.209. The highest BCUT2D eigenvalue weighted by Gasteiger charge is 2.36. The predicted molar refractivity (Wildman–Crippen MR) is 132 cm³/mol. The number of nitrogens with zero attached hydrogens (tertiary/aromatic N) is 3. The Balaban J connectivity index is 1.41. The summed E-state index contributed by atoms with van der Waals surface area (Å²) in [6.45, 7) is 4.50. The first-order valence-electron chi connectivity index (χ1n) is 11.6. The Morgan fingerprint density at radius 1 is 0.812 bits per heavy atom. The van der Waals surface area contributed by atoms with Crippen molar-refractivity contribution < 1.29 is 0 Å². The van der Waals surface area contributed by atoms with Gasteiger partial charge in [-0.2, -0.15) is 0 Å². The quantitative estimate of drug-likeness (QED) is 0.441. The van der Waals surface area contributed by atoms with Crippen molar-refractivity contribution in [2.45, 2.75) is 44.3 Å². The van der Waals surface area contributed by atoms with E-state index in [1.807, 2.05) is 12.3 Å². The first kappa shape index (κ1) is 20.6. The fourth-order valence-corrected chi connectivity index (χ4v) is 4.66. The lowest BCUT2D eigenvalue weighted by Gasteiger charge is -2.38. The highest BCUT2D eigenvalue weighted by Crippen LogP contribution is 2.37. The molecule has 1 fully saturated rings. The Labute approximate surface area is 191 Å². The van der Waals surface area contributed by atoms with Crippen LogP contribution in [0.3, 0.4) is 0 Å². The molecule has 1 aliphatic heterocycles. The van der Waals surface area contributed by atoms with Crippen LogP contribution in [-0.2, 0) is 6.54 Å². The Bertz CT molecular complexity index is 1040. The minimum Gasteiger partial charge on any atom is -0.341 e. The summed E-state index contributed by atoms with van der Waals surface area (Å²) < 4.78 is 0. The average molecular weight is 420 g/mol. The van der Waals surface area contributed by atoms with Crippen molar-refractivity contribution >= 4 is 11.9 Å². The largest absolute Gasteiger partial charge is 0.341 e. The highest BCUT2D eigenvalue weighted by atomic mass is 15.4. The van der Waals surface area contributed by atoms with Crippen LogP contribution >= 0.6 is 0 Å². The van der Waals surface area contributed by atoms with Crippen LogP contribution < -0.4 is 0 Å². The molecule has 3 heteroatoms. The molecule has 0 spiro atoms. The molecule has 0 saturated heterocycles. The van der Waals surface area contributed by atoms with Gasteiger partial charge in [0.05, 0.1) is 17.8 Å². The molecule has 3 aromatic rings. The van der Waals surface area contributed by atoms with E-state index in [9.17, 15) is 0 Å². The third-order valence-corrected chi connectivity index (χ3v) is 6.28. The van der Waals surface area contributed by atoms with E-state index in [2.05, 4.69) is 108 Å². The molecule has 3 aromatic carbocycles. The topological polar surface area (TPSA) is 18.8 Å². The molecular formula is C29H29N3. The molecule has 0 amide bonds. The maximum absolute atomic E-state index is 5.06. The summed E-state index contributed by atoms with van der Waals surface area (Å²) in [6, 6.07) is 32.3. The Morgan fingerprint density at radius 3 is 2.22 bits per heavy atom.